The van der Waals surface area contributed by atoms with Gasteiger partial charge in [-0.15, -0.1) is 0 Å². The van der Waals surface area contributed by atoms with Crippen molar-refractivity contribution in [2.75, 3.05) is 11.9 Å². The van der Waals surface area contributed by atoms with Gasteiger partial charge in [0.1, 0.15) is 11.9 Å². The van der Waals surface area contributed by atoms with Crippen molar-refractivity contribution >= 4 is 38.2 Å². The van der Waals surface area contributed by atoms with Crippen LogP contribution in [0.15, 0.2) is 28.9 Å². The van der Waals surface area contributed by atoms with Crippen LogP contribution in [0.25, 0.3) is 10.9 Å². The Bertz CT molecular complexity index is 644. The van der Waals surface area contributed by atoms with Crippen LogP contribution in [0, 0.1) is 10.1 Å². The summed E-state index contributed by atoms with van der Waals surface area (Å²) in [5, 5.41) is 24.1. The molecular formula is C13H14BrN3O3. The van der Waals surface area contributed by atoms with Crippen molar-refractivity contribution in [3.8, 4) is 0 Å². The number of anilines is 1. The predicted molar refractivity (Wildman–Crippen MR) is 80.9 cm³/mol. The summed E-state index contributed by atoms with van der Waals surface area (Å²) in [6, 6.07) is 5.16. The average molecular weight is 340 g/mol. The summed E-state index contributed by atoms with van der Waals surface area (Å²) in [5.74, 6) is 0. The fourth-order valence-electron chi connectivity index (χ4n) is 1.93. The molecule has 20 heavy (non-hydrogen) atoms. The maximum Gasteiger partial charge on any atom is 0.311 e. The van der Waals surface area contributed by atoms with Crippen molar-refractivity contribution in [2.45, 2.75) is 19.4 Å². The van der Waals surface area contributed by atoms with Gasteiger partial charge in [0, 0.05) is 15.9 Å². The van der Waals surface area contributed by atoms with E-state index >= 15 is 0 Å². The number of aliphatic hydroxyl groups excluding tert-OH is 1. The van der Waals surface area contributed by atoms with Crippen LogP contribution in [0.3, 0.4) is 0 Å². The quantitative estimate of drug-likeness (QED) is 0.645. The number of pyridine rings is 1. The van der Waals surface area contributed by atoms with E-state index in [0.29, 0.717) is 23.0 Å². The molecule has 1 aromatic heterocycles. The predicted octanol–water partition coefficient (Wildman–Crippen LogP) is 3.09. The van der Waals surface area contributed by atoms with Gasteiger partial charge in [0.05, 0.1) is 17.0 Å². The molecule has 2 rings (SSSR count). The molecule has 0 aliphatic rings. The van der Waals surface area contributed by atoms with Crippen molar-refractivity contribution in [3.05, 3.63) is 39.0 Å². The molecule has 0 spiro atoms. The van der Waals surface area contributed by atoms with Gasteiger partial charge in [-0.3, -0.25) is 10.1 Å². The van der Waals surface area contributed by atoms with Crippen LogP contribution < -0.4 is 5.32 Å². The highest BCUT2D eigenvalue weighted by Gasteiger charge is 2.20. The minimum Gasteiger partial charge on any atom is -0.394 e. The third-order valence-corrected chi connectivity index (χ3v) is 3.56. The molecule has 6 nitrogen and oxygen atoms in total. The summed E-state index contributed by atoms with van der Waals surface area (Å²) < 4.78 is 0.812. The number of rotatable bonds is 5. The van der Waals surface area contributed by atoms with E-state index in [1.165, 1.54) is 6.20 Å². The average Bonchev–Trinajstić information content (AvgIpc) is 2.44. The summed E-state index contributed by atoms with van der Waals surface area (Å²) in [5.41, 5.74) is 0.957. The van der Waals surface area contributed by atoms with E-state index in [1.807, 2.05) is 13.0 Å². The SMILES string of the molecule is CC[C@@H](CO)Nc1c([N+](=O)[O-])cnc2ccc(Br)cc12. The van der Waals surface area contributed by atoms with E-state index in [4.69, 9.17) is 0 Å². The lowest BCUT2D eigenvalue weighted by atomic mass is 10.1. The number of nitro groups is 1. The largest absolute Gasteiger partial charge is 0.394 e. The van der Waals surface area contributed by atoms with E-state index in [-0.39, 0.29) is 18.3 Å². The summed E-state index contributed by atoms with van der Waals surface area (Å²) >= 11 is 3.35. The number of aromatic nitrogens is 1. The number of fused-ring (bicyclic) bond motifs is 1. The second kappa shape index (κ2) is 6.15. The van der Waals surface area contributed by atoms with Gasteiger partial charge in [-0.2, -0.15) is 0 Å². The first-order valence-corrected chi connectivity index (χ1v) is 6.96. The Labute approximate surface area is 124 Å². The minimum absolute atomic E-state index is 0.0918. The molecule has 1 atom stereocenters. The molecule has 1 aromatic carbocycles. The lowest BCUT2D eigenvalue weighted by molar-refractivity contribution is -0.384. The van der Waals surface area contributed by atoms with E-state index in [1.54, 1.807) is 12.1 Å². The number of benzene rings is 1. The zero-order valence-electron chi connectivity index (χ0n) is 10.8. The number of nitrogens with one attached hydrogen (secondary N) is 1. The molecule has 0 unspecified atom stereocenters. The van der Waals surface area contributed by atoms with Gasteiger partial charge in [0.15, 0.2) is 0 Å². The molecule has 0 aliphatic carbocycles. The van der Waals surface area contributed by atoms with Crippen LogP contribution in [0.2, 0.25) is 0 Å². The van der Waals surface area contributed by atoms with Crippen molar-refractivity contribution in [3.63, 3.8) is 0 Å². The highest BCUT2D eigenvalue weighted by Crippen LogP contribution is 2.33. The molecule has 1 heterocycles. The van der Waals surface area contributed by atoms with Crippen LogP contribution in [-0.4, -0.2) is 27.7 Å². The Balaban J connectivity index is 2.64. The van der Waals surface area contributed by atoms with Gasteiger partial charge < -0.3 is 10.4 Å². The molecule has 0 fully saturated rings. The standard InChI is InChI=1S/C13H14BrN3O3/c1-2-9(7-18)16-13-10-5-8(14)3-4-11(10)15-6-12(13)17(19)20/h3-6,9,18H,2,7H2,1H3,(H,15,16)/t9-/m0/s1. The zero-order valence-corrected chi connectivity index (χ0v) is 12.4. The van der Waals surface area contributed by atoms with Crippen molar-refractivity contribution < 1.29 is 10.0 Å². The molecule has 0 radical (unpaired) electrons. The molecular weight excluding hydrogens is 326 g/mol. The summed E-state index contributed by atoms with van der Waals surface area (Å²) in [4.78, 5) is 14.8. The van der Waals surface area contributed by atoms with Crippen LogP contribution in [0.5, 0.6) is 0 Å². The maximum absolute atomic E-state index is 11.2. The van der Waals surface area contributed by atoms with Crippen LogP contribution in [-0.2, 0) is 0 Å². The molecule has 0 bridgehead atoms. The Kier molecular flexibility index (Phi) is 4.51. The van der Waals surface area contributed by atoms with Crippen LogP contribution in [0.4, 0.5) is 11.4 Å². The first-order chi connectivity index (χ1) is 9.56. The van der Waals surface area contributed by atoms with Crippen LogP contribution >= 0.6 is 15.9 Å². The summed E-state index contributed by atoms with van der Waals surface area (Å²) in [6.07, 6.45) is 1.90. The monoisotopic (exact) mass is 339 g/mol. The van der Waals surface area contributed by atoms with E-state index in [2.05, 4.69) is 26.2 Å². The lowest BCUT2D eigenvalue weighted by Crippen LogP contribution is -2.23. The fraction of sp³-hybridized carbons (Fsp3) is 0.308. The van der Waals surface area contributed by atoms with Crippen LogP contribution in [0.1, 0.15) is 13.3 Å². The van der Waals surface area contributed by atoms with Gasteiger partial charge in [-0.25, -0.2) is 4.98 Å². The van der Waals surface area contributed by atoms with E-state index < -0.39 is 4.92 Å². The third kappa shape index (κ3) is 2.88. The number of aliphatic hydroxyl groups is 1. The molecule has 0 saturated carbocycles. The highest BCUT2D eigenvalue weighted by molar-refractivity contribution is 9.10. The fourth-order valence-corrected chi connectivity index (χ4v) is 2.29. The lowest BCUT2D eigenvalue weighted by Gasteiger charge is -2.17. The van der Waals surface area contributed by atoms with Gasteiger partial charge in [0.25, 0.3) is 0 Å². The first kappa shape index (κ1) is 14.7. The van der Waals surface area contributed by atoms with Gasteiger partial charge in [-0.05, 0) is 24.6 Å². The molecule has 0 aliphatic heterocycles. The summed E-state index contributed by atoms with van der Waals surface area (Å²) in [7, 11) is 0. The first-order valence-electron chi connectivity index (χ1n) is 6.16. The number of hydrogen-bond acceptors (Lipinski definition) is 5. The highest BCUT2D eigenvalue weighted by atomic mass is 79.9. The maximum atomic E-state index is 11.2. The number of nitrogens with zero attached hydrogens (tertiary/aromatic N) is 2. The summed E-state index contributed by atoms with van der Waals surface area (Å²) in [6.45, 7) is 1.81. The van der Waals surface area contributed by atoms with E-state index in [9.17, 15) is 15.2 Å². The number of hydrogen-bond donors (Lipinski definition) is 2. The van der Waals surface area contributed by atoms with Crippen molar-refractivity contribution in [2.24, 2.45) is 0 Å². The number of halogens is 1. The topological polar surface area (TPSA) is 88.3 Å². The second-order valence-corrected chi connectivity index (χ2v) is 5.28. The smallest absolute Gasteiger partial charge is 0.311 e. The molecule has 0 amide bonds. The minimum atomic E-state index is -0.472. The molecule has 7 heteroatoms. The van der Waals surface area contributed by atoms with Crippen molar-refractivity contribution in [1.82, 2.24) is 4.98 Å². The normalized spacial score (nSPS) is 12.3. The Morgan fingerprint density at radius 1 is 1.55 bits per heavy atom. The van der Waals surface area contributed by atoms with Crippen molar-refractivity contribution in [1.29, 1.82) is 0 Å². The molecule has 2 aromatic rings. The van der Waals surface area contributed by atoms with Gasteiger partial charge in [0.2, 0.25) is 0 Å². The third-order valence-electron chi connectivity index (χ3n) is 3.07. The molecule has 2 N–H and O–H groups in total. The Morgan fingerprint density at radius 2 is 2.30 bits per heavy atom. The van der Waals surface area contributed by atoms with E-state index in [0.717, 1.165) is 4.47 Å². The molecule has 0 saturated heterocycles. The Morgan fingerprint density at radius 3 is 2.90 bits per heavy atom. The van der Waals surface area contributed by atoms with Gasteiger partial charge in [-0.1, -0.05) is 22.9 Å². The Hall–Kier alpha value is -1.73. The zero-order chi connectivity index (χ0) is 14.7. The second-order valence-electron chi connectivity index (χ2n) is 4.37. The molecule has 106 valence electrons. The van der Waals surface area contributed by atoms with Gasteiger partial charge >= 0.3 is 5.69 Å².